The van der Waals surface area contributed by atoms with Crippen LogP contribution in [0.3, 0.4) is 0 Å². The molecule has 0 aliphatic rings. The van der Waals surface area contributed by atoms with E-state index in [2.05, 4.69) is 20.6 Å². The number of H-pyrrole nitrogens is 1. The summed E-state index contributed by atoms with van der Waals surface area (Å²) in [7, 11) is 0. The van der Waals surface area contributed by atoms with Gasteiger partial charge in [-0.25, -0.2) is 0 Å². The topological polar surface area (TPSA) is 71.0 Å². The van der Waals surface area contributed by atoms with Gasteiger partial charge in [0.2, 0.25) is 0 Å². The Morgan fingerprint density at radius 3 is 2.45 bits per heavy atom. The number of nitrogens with one attached hydrogen (secondary N) is 1. The van der Waals surface area contributed by atoms with Crippen LogP contribution in [0.4, 0.5) is 0 Å². The minimum Gasteiger partial charge on any atom is -0.197 e. The molecule has 0 spiro atoms. The summed E-state index contributed by atoms with van der Waals surface area (Å²) < 4.78 is 0. The molecule has 0 amide bonds. The molecule has 1 N–H and O–H groups in total. The lowest BCUT2D eigenvalue weighted by Crippen LogP contribution is -1.83. The predicted molar refractivity (Wildman–Crippen MR) is 42.0 cm³/mol. The highest BCUT2D eigenvalue weighted by Gasteiger charge is 1.99. The SMILES string of the molecule is CC.Cc1n[nH]nc1CN=O. The Bertz CT molecular complexity index is 208. The van der Waals surface area contributed by atoms with Gasteiger partial charge >= 0.3 is 0 Å². The largest absolute Gasteiger partial charge is 0.197 e. The van der Waals surface area contributed by atoms with E-state index in [1.807, 2.05) is 13.8 Å². The summed E-state index contributed by atoms with van der Waals surface area (Å²) in [4.78, 5) is 9.69. The van der Waals surface area contributed by atoms with Gasteiger partial charge in [-0.3, -0.25) is 0 Å². The van der Waals surface area contributed by atoms with Crippen molar-refractivity contribution >= 4 is 0 Å². The second-order valence-electron chi connectivity index (χ2n) is 1.64. The molecule has 62 valence electrons. The molecule has 1 heterocycles. The summed E-state index contributed by atoms with van der Waals surface area (Å²) in [5, 5.41) is 12.4. The van der Waals surface area contributed by atoms with E-state index in [-0.39, 0.29) is 6.54 Å². The van der Waals surface area contributed by atoms with Crippen LogP contribution in [0, 0.1) is 11.8 Å². The molecular formula is C6H12N4O. The van der Waals surface area contributed by atoms with Crippen LogP contribution in [-0.2, 0) is 6.54 Å². The van der Waals surface area contributed by atoms with Crippen molar-refractivity contribution in [2.24, 2.45) is 5.18 Å². The lowest BCUT2D eigenvalue weighted by Gasteiger charge is -1.81. The van der Waals surface area contributed by atoms with Gasteiger partial charge in [0.1, 0.15) is 12.2 Å². The maximum absolute atomic E-state index is 9.69. The van der Waals surface area contributed by atoms with Gasteiger partial charge in [-0.1, -0.05) is 19.0 Å². The van der Waals surface area contributed by atoms with E-state index >= 15 is 0 Å². The number of aromatic nitrogens is 3. The molecular weight excluding hydrogens is 144 g/mol. The number of aromatic amines is 1. The first kappa shape index (κ1) is 9.74. The molecule has 0 unspecified atom stereocenters. The maximum Gasteiger partial charge on any atom is 0.127 e. The van der Waals surface area contributed by atoms with Crippen molar-refractivity contribution < 1.29 is 0 Å². The molecule has 0 aliphatic heterocycles. The molecule has 0 fully saturated rings. The predicted octanol–water partition coefficient (Wildman–Crippen LogP) is 1.41. The zero-order valence-corrected chi connectivity index (χ0v) is 6.96. The normalized spacial score (nSPS) is 8.27. The molecule has 1 aromatic rings. The monoisotopic (exact) mass is 156 g/mol. The third-order valence-corrected chi connectivity index (χ3v) is 1.03. The van der Waals surface area contributed by atoms with Crippen LogP contribution >= 0.6 is 0 Å². The average Bonchev–Trinajstić information content (AvgIpc) is 2.42. The van der Waals surface area contributed by atoms with Crippen molar-refractivity contribution in [2.45, 2.75) is 27.3 Å². The van der Waals surface area contributed by atoms with Crippen LogP contribution in [0.2, 0.25) is 0 Å². The van der Waals surface area contributed by atoms with Crippen LogP contribution in [0.15, 0.2) is 5.18 Å². The standard InChI is InChI=1S/C4H6N4O.C2H6/c1-3-4(2-5-9)7-8-6-3;1-2/h2H2,1H3,(H,6,7,8);1-2H3. The molecule has 1 aromatic heterocycles. The summed E-state index contributed by atoms with van der Waals surface area (Å²) >= 11 is 0. The van der Waals surface area contributed by atoms with Crippen LogP contribution in [-0.4, -0.2) is 15.4 Å². The Morgan fingerprint density at radius 1 is 1.45 bits per heavy atom. The molecule has 1 rings (SSSR count). The molecule has 5 heteroatoms. The Labute approximate surface area is 65.2 Å². The van der Waals surface area contributed by atoms with E-state index in [0.29, 0.717) is 5.69 Å². The van der Waals surface area contributed by atoms with Gasteiger partial charge in [-0.2, -0.15) is 20.3 Å². The Balaban J connectivity index is 0.000000461. The molecule has 0 aromatic carbocycles. The maximum atomic E-state index is 9.69. The average molecular weight is 156 g/mol. The van der Waals surface area contributed by atoms with Crippen molar-refractivity contribution in [3.63, 3.8) is 0 Å². The number of hydrogen-bond donors (Lipinski definition) is 1. The van der Waals surface area contributed by atoms with Crippen molar-refractivity contribution in [1.82, 2.24) is 15.4 Å². The second-order valence-corrected chi connectivity index (χ2v) is 1.64. The van der Waals surface area contributed by atoms with E-state index in [9.17, 15) is 4.91 Å². The fourth-order valence-corrected chi connectivity index (χ4v) is 0.517. The number of nitroso groups, excluding NO2 is 1. The molecule has 0 saturated carbocycles. The van der Waals surface area contributed by atoms with E-state index in [0.717, 1.165) is 5.69 Å². The van der Waals surface area contributed by atoms with Crippen LogP contribution in [0.5, 0.6) is 0 Å². The van der Waals surface area contributed by atoms with Crippen molar-refractivity contribution in [1.29, 1.82) is 0 Å². The van der Waals surface area contributed by atoms with E-state index in [1.165, 1.54) is 0 Å². The summed E-state index contributed by atoms with van der Waals surface area (Å²) in [6, 6.07) is 0. The van der Waals surface area contributed by atoms with E-state index < -0.39 is 0 Å². The fraction of sp³-hybridized carbons (Fsp3) is 0.667. The molecule has 5 nitrogen and oxygen atoms in total. The van der Waals surface area contributed by atoms with E-state index in [4.69, 9.17) is 0 Å². The first-order valence-electron chi connectivity index (χ1n) is 3.50. The minimum absolute atomic E-state index is 0.0995. The third kappa shape index (κ3) is 2.88. The van der Waals surface area contributed by atoms with Gasteiger partial charge in [0.05, 0.1) is 5.69 Å². The van der Waals surface area contributed by atoms with E-state index in [1.54, 1.807) is 6.92 Å². The van der Waals surface area contributed by atoms with Gasteiger partial charge in [-0.15, -0.1) is 0 Å². The summed E-state index contributed by atoms with van der Waals surface area (Å²) in [6.07, 6.45) is 0. The Morgan fingerprint density at radius 2 is 2.09 bits per heavy atom. The smallest absolute Gasteiger partial charge is 0.127 e. The number of aryl methyl sites for hydroxylation is 1. The first-order chi connectivity index (χ1) is 5.34. The number of rotatable bonds is 2. The van der Waals surface area contributed by atoms with Crippen molar-refractivity contribution in [3.05, 3.63) is 16.3 Å². The van der Waals surface area contributed by atoms with Crippen molar-refractivity contribution in [3.8, 4) is 0 Å². The molecule has 0 bridgehead atoms. The summed E-state index contributed by atoms with van der Waals surface area (Å²) in [5.74, 6) is 0. The molecule has 0 saturated heterocycles. The summed E-state index contributed by atoms with van der Waals surface area (Å²) in [6.45, 7) is 5.87. The minimum atomic E-state index is 0.0995. The van der Waals surface area contributed by atoms with Gasteiger partial charge in [0, 0.05) is 0 Å². The number of hydrogen-bond acceptors (Lipinski definition) is 4. The highest BCUT2D eigenvalue weighted by Crippen LogP contribution is 1.98. The highest BCUT2D eigenvalue weighted by molar-refractivity contribution is 5.04. The lowest BCUT2D eigenvalue weighted by atomic mass is 10.3. The number of nitrogens with zero attached hydrogens (tertiary/aromatic N) is 3. The van der Waals surface area contributed by atoms with Gasteiger partial charge in [0.25, 0.3) is 0 Å². The molecule has 0 aliphatic carbocycles. The van der Waals surface area contributed by atoms with Gasteiger partial charge < -0.3 is 0 Å². The third-order valence-electron chi connectivity index (χ3n) is 1.03. The van der Waals surface area contributed by atoms with Crippen LogP contribution in [0.1, 0.15) is 25.2 Å². The second kappa shape index (κ2) is 5.52. The van der Waals surface area contributed by atoms with Gasteiger partial charge in [0.15, 0.2) is 0 Å². The highest BCUT2D eigenvalue weighted by atomic mass is 16.3. The quantitative estimate of drug-likeness (QED) is 0.658. The fourth-order valence-electron chi connectivity index (χ4n) is 0.517. The zero-order chi connectivity index (χ0) is 8.69. The molecule has 11 heavy (non-hydrogen) atoms. The lowest BCUT2D eigenvalue weighted by molar-refractivity contribution is 0.895. The first-order valence-corrected chi connectivity index (χ1v) is 3.50. The van der Waals surface area contributed by atoms with Gasteiger partial charge in [-0.05, 0) is 6.92 Å². The Kier molecular flexibility index (Phi) is 4.89. The molecule has 0 radical (unpaired) electrons. The van der Waals surface area contributed by atoms with Crippen molar-refractivity contribution in [2.75, 3.05) is 0 Å². The zero-order valence-electron chi connectivity index (χ0n) is 6.96. The summed E-state index contributed by atoms with van der Waals surface area (Å²) in [5.41, 5.74) is 1.35. The van der Waals surface area contributed by atoms with Crippen LogP contribution < -0.4 is 0 Å². The van der Waals surface area contributed by atoms with Crippen LogP contribution in [0.25, 0.3) is 0 Å². The molecule has 0 atom stereocenters. The Hall–Kier alpha value is -1.26.